The van der Waals surface area contributed by atoms with Gasteiger partial charge >= 0.3 is 12.3 Å². The van der Waals surface area contributed by atoms with Crippen LogP contribution >= 0.6 is 11.6 Å². The van der Waals surface area contributed by atoms with Crippen molar-refractivity contribution in [1.29, 1.82) is 0 Å². The largest absolute Gasteiger partial charge is 0.587 e. The maximum Gasteiger partial charge on any atom is 0.410 e. The van der Waals surface area contributed by atoms with Crippen molar-refractivity contribution in [2.24, 2.45) is 11.3 Å². The van der Waals surface area contributed by atoms with Crippen molar-refractivity contribution in [3.63, 3.8) is 0 Å². The van der Waals surface area contributed by atoms with Crippen molar-refractivity contribution in [3.8, 4) is 11.7 Å². The van der Waals surface area contributed by atoms with Gasteiger partial charge in [0.1, 0.15) is 27.9 Å². The van der Waals surface area contributed by atoms with Crippen LogP contribution in [0, 0.1) is 18.3 Å². The summed E-state index contributed by atoms with van der Waals surface area (Å²) in [6.07, 6.45) is -0.396. The van der Waals surface area contributed by atoms with Gasteiger partial charge in [0.25, 0.3) is 10.9 Å². The monoisotopic (exact) mass is 767 g/mol. The number of aryl methyl sites for hydroxylation is 1. The number of anilines is 1. The van der Waals surface area contributed by atoms with E-state index < -0.39 is 34.5 Å². The fraction of sp³-hybridized carbons (Fsp3) is 0.571. The second-order valence-electron chi connectivity index (χ2n) is 15.0. The van der Waals surface area contributed by atoms with Gasteiger partial charge in [-0.1, -0.05) is 11.6 Å². The molecular formula is C35H45ClF3N7O5S. The quantitative estimate of drug-likeness (QED) is 0.103. The van der Waals surface area contributed by atoms with E-state index in [4.69, 9.17) is 21.1 Å². The third-order valence-corrected chi connectivity index (χ3v) is 10.7. The van der Waals surface area contributed by atoms with Gasteiger partial charge in [-0.3, -0.25) is 4.79 Å². The number of halogens is 4. The summed E-state index contributed by atoms with van der Waals surface area (Å²) in [6, 6.07) is 7.90. The molecule has 4 heterocycles. The number of pyridine rings is 2. The zero-order valence-electron chi connectivity index (χ0n) is 30.1. The molecule has 17 heteroatoms. The summed E-state index contributed by atoms with van der Waals surface area (Å²) >= 11 is 4.31. The number of nitrogens with one attached hydrogen (secondary N) is 2. The van der Waals surface area contributed by atoms with Crippen LogP contribution in [0.15, 0.2) is 41.6 Å². The molecule has 0 aromatic carbocycles. The molecule has 2 fully saturated rings. The van der Waals surface area contributed by atoms with E-state index in [-0.39, 0.29) is 64.9 Å². The zero-order chi connectivity index (χ0) is 38.1. The topological polar surface area (TPSA) is 147 Å². The predicted octanol–water partition coefficient (Wildman–Crippen LogP) is 7.42. The molecule has 12 nitrogen and oxygen atoms in total. The molecule has 1 aliphatic carbocycles. The van der Waals surface area contributed by atoms with Gasteiger partial charge in [-0.25, -0.2) is 14.5 Å². The molecule has 284 valence electrons. The average Bonchev–Trinajstić information content (AvgIpc) is 3.58. The molecule has 2 unspecified atom stereocenters. The molecule has 5 rings (SSSR count). The van der Waals surface area contributed by atoms with E-state index in [2.05, 4.69) is 39.0 Å². The molecule has 1 saturated carbocycles. The molecular weight excluding hydrogens is 723 g/mol. The second kappa shape index (κ2) is 15.3. The normalized spacial score (nSPS) is 18.5. The maximum absolute atomic E-state index is 13.2. The van der Waals surface area contributed by atoms with E-state index >= 15 is 0 Å². The van der Waals surface area contributed by atoms with Gasteiger partial charge in [-0.2, -0.15) is 22.9 Å². The fourth-order valence-corrected chi connectivity index (χ4v) is 7.37. The Morgan fingerprint density at radius 1 is 1.12 bits per heavy atom. The lowest BCUT2D eigenvalue weighted by molar-refractivity contribution is -0.190. The third kappa shape index (κ3) is 9.61. The molecule has 0 spiro atoms. The van der Waals surface area contributed by atoms with E-state index in [0.29, 0.717) is 30.4 Å². The molecule has 52 heavy (non-hydrogen) atoms. The Balaban J connectivity index is 1.11. The van der Waals surface area contributed by atoms with E-state index in [0.717, 1.165) is 19.3 Å². The van der Waals surface area contributed by atoms with E-state index in [1.165, 1.54) is 29.1 Å². The van der Waals surface area contributed by atoms with Crippen LogP contribution in [0.1, 0.15) is 89.1 Å². The highest BCUT2D eigenvalue weighted by atomic mass is 35.5. The number of amides is 2. The van der Waals surface area contributed by atoms with Gasteiger partial charge < -0.3 is 24.2 Å². The summed E-state index contributed by atoms with van der Waals surface area (Å²) in [5, 5.41) is 7.45. The number of alkyl halides is 3. The Morgan fingerprint density at radius 2 is 1.85 bits per heavy atom. The van der Waals surface area contributed by atoms with Crippen molar-refractivity contribution < 1.29 is 36.8 Å². The number of hydrogen-bond acceptors (Lipinski definition) is 9. The van der Waals surface area contributed by atoms with Crippen molar-refractivity contribution in [3.05, 3.63) is 52.8 Å². The lowest BCUT2D eigenvalue weighted by atomic mass is 9.93. The number of carbonyl (C=O) groups is 2. The number of carbonyl (C=O) groups excluding carboxylic acids is 2. The maximum atomic E-state index is 13.2. The molecule has 0 radical (unpaired) electrons. The van der Waals surface area contributed by atoms with Crippen molar-refractivity contribution in [2.45, 2.75) is 102 Å². The Labute approximate surface area is 309 Å². The minimum atomic E-state index is -4.25. The first-order valence-electron chi connectivity index (χ1n) is 17.1. The summed E-state index contributed by atoms with van der Waals surface area (Å²) in [6.45, 7) is 12.5. The second-order valence-corrected chi connectivity index (χ2v) is 16.5. The van der Waals surface area contributed by atoms with Crippen LogP contribution in [0.3, 0.4) is 0 Å². The van der Waals surface area contributed by atoms with Crippen LogP contribution in [0.25, 0.3) is 5.82 Å². The Morgan fingerprint density at radius 3 is 2.50 bits per heavy atom. The molecule has 2 atom stereocenters. The molecule has 3 aromatic heterocycles. The molecule has 2 aliphatic rings. The minimum absolute atomic E-state index is 0.0310. The van der Waals surface area contributed by atoms with Gasteiger partial charge in [0.15, 0.2) is 5.82 Å². The van der Waals surface area contributed by atoms with Crippen LogP contribution in [0.5, 0.6) is 5.88 Å². The Kier molecular flexibility index (Phi) is 11.6. The van der Waals surface area contributed by atoms with Crippen LogP contribution in [-0.2, 0) is 16.1 Å². The highest BCUT2D eigenvalue weighted by molar-refractivity contribution is 7.90. The van der Waals surface area contributed by atoms with Gasteiger partial charge in [0.05, 0.1) is 17.6 Å². The van der Waals surface area contributed by atoms with Crippen LogP contribution in [-0.4, -0.2) is 78.2 Å². The summed E-state index contributed by atoms with van der Waals surface area (Å²) in [5.74, 6) is 0.459. The van der Waals surface area contributed by atoms with Gasteiger partial charge in [-0.05, 0) is 110 Å². The molecule has 3 aromatic rings. The number of rotatable bonds is 13. The summed E-state index contributed by atoms with van der Waals surface area (Å²) in [7, 11) is 0. The van der Waals surface area contributed by atoms with Crippen molar-refractivity contribution in [2.75, 3.05) is 25.0 Å². The predicted molar refractivity (Wildman–Crippen MR) is 190 cm³/mol. The SMILES string of the molecule is Cc1ccc(NCCCC2CN(C(=O)OC(C)(C)C)C(C)(C)C2)nc1[S+]([O-])NC(=O)c1ccc(-n2ccc(OCCC3(C(F)(F)F)CC3)n2)nc1Cl. The first-order chi connectivity index (χ1) is 24.3. The third-order valence-electron chi connectivity index (χ3n) is 9.24. The fourth-order valence-electron chi connectivity index (χ4n) is 6.22. The van der Waals surface area contributed by atoms with E-state index in [1.54, 1.807) is 19.1 Å². The van der Waals surface area contributed by atoms with Crippen LogP contribution in [0.4, 0.5) is 23.8 Å². The lowest BCUT2D eigenvalue weighted by Gasteiger charge is -2.33. The number of likely N-dealkylation sites (tertiary alicyclic amines) is 1. The number of nitrogens with zero attached hydrogens (tertiary/aromatic N) is 5. The first kappa shape index (κ1) is 39.4. The van der Waals surface area contributed by atoms with Gasteiger partial charge in [-0.15, -0.1) is 5.10 Å². The molecule has 1 aliphatic heterocycles. The van der Waals surface area contributed by atoms with Crippen molar-refractivity contribution in [1.82, 2.24) is 29.4 Å². The molecule has 1 saturated heterocycles. The van der Waals surface area contributed by atoms with Gasteiger partial charge in [0.2, 0.25) is 5.88 Å². The number of aromatic nitrogens is 4. The van der Waals surface area contributed by atoms with E-state index in [9.17, 15) is 27.3 Å². The summed E-state index contributed by atoms with van der Waals surface area (Å²) in [4.78, 5) is 36.3. The smallest absolute Gasteiger partial charge is 0.410 e. The highest BCUT2D eigenvalue weighted by Crippen LogP contribution is 2.59. The number of hydrogen-bond donors (Lipinski definition) is 2. The Hall–Kier alpha value is -3.76. The zero-order valence-corrected chi connectivity index (χ0v) is 31.7. The van der Waals surface area contributed by atoms with Crippen LogP contribution in [0.2, 0.25) is 5.15 Å². The van der Waals surface area contributed by atoms with Crippen LogP contribution < -0.4 is 14.8 Å². The average molecular weight is 768 g/mol. The number of ether oxygens (including phenoxy) is 2. The first-order valence-corrected chi connectivity index (χ1v) is 18.7. The minimum Gasteiger partial charge on any atom is -0.587 e. The molecule has 2 N–H and O–H groups in total. The standard InChI is InChI=1S/C35H45ClF3N7O5S/c1-22-9-11-25(40-17-7-8-23-20-33(5,6)45(21-23)31(48)51-32(2,3)4)41-30(22)52(49)44-29(47)24-10-12-26(42-28(24)36)46-18-13-27(43-46)50-19-16-34(14-15-34)35(37,38)39/h9-13,18,23H,7-8,14-17,19-21H2,1-6H3,(H,40,41)(H,44,47). The summed E-state index contributed by atoms with van der Waals surface area (Å²) < 4.78 is 67.5. The highest BCUT2D eigenvalue weighted by Gasteiger charge is 2.62. The molecule has 2 amide bonds. The van der Waals surface area contributed by atoms with Gasteiger partial charge in [0, 0.05) is 36.5 Å². The lowest BCUT2D eigenvalue weighted by Crippen LogP contribution is -2.45. The Bertz CT molecular complexity index is 1760. The molecule has 0 bridgehead atoms. The van der Waals surface area contributed by atoms with E-state index in [1.807, 2.05) is 25.7 Å². The summed E-state index contributed by atoms with van der Waals surface area (Å²) in [5.41, 5.74) is -1.94. The van der Waals surface area contributed by atoms with Crippen molar-refractivity contribution >= 4 is 40.8 Å².